The van der Waals surface area contributed by atoms with Crippen molar-refractivity contribution < 1.29 is 14.3 Å². The fraction of sp³-hybridized carbons (Fsp3) is 0.706. The van der Waals surface area contributed by atoms with Gasteiger partial charge < -0.3 is 9.64 Å². The number of rotatable bonds is 4. The van der Waals surface area contributed by atoms with Crippen LogP contribution in [0.5, 0.6) is 0 Å². The molecule has 2 heterocycles. The molecule has 0 bridgehead atoms. The van der Waals surface area contributed by atoms with Gasteiger partial charge in [0.05, 0.1) is 11.7 Å². The van der Waals surface area contributed by atoms with Gasteiger partial charge in [-0.25, -0.2) is 9.59 Å². The zero-order valence-corrected chi connectivity index (χ0v) is 14.9. The maximum absolute atomic E-state index is 12.2. The van der Waals surface area contributed by atoms with Crippen LogP contribution in [0.25, 0.3) is 0 Å². The van der Waals surface area contributed by atoms with Crippen LogP contribution in [0.3, 0.4) is 0 Å². The number of hydrogen-bond acceptors (Lipinski definition) is 5. The number of nitrogens with one attached hydrogen (secondary N) is 1. The molecule has 1 saturated heterocycles. The number of nitrogens with zero attached hydrogens (tertiary/aromatic N) is 3. The van der Waals surface area contributed by atoms with E-state index in [1.807, 2.05) is 20.8 Å². The number of amides is 1. The smallest absolute Gasteiger partial charge is 0.410 e. The highest BCUT2D eigenvalue weighted by Gasteiger charge is 2.38. The lowest BCUT2D eigenvalue weighted by atomic mass is 9.82. The number of ether oxygens (including phenoxy) is 1. The Morgan fingerprint density at radius 2 is 2.12 bits per heavy atom. The summed E-state index contributed by atoms with van der Waals surface area (Å²) in [6.07, 6.45) is 5.89. The van der Waals surface area contributed by atoms with Gasteiger partial charge in [0.1, 0.15) is 5.60 Å². The minimum Gasteiger partial charge on any atom is -0.444 e. The third-order valence-corrected chi connectivity index (χ3v) is 4.31. The van der Waals surface area contributed by atoms with Crippen LogP contribution in [-0.2, 0) is 22.4 Å². The average Bonchev–Trinajstić information content (AvgIpc) is 2.93. The molecule has 1 aliphatic heterocycles. The van der Waals surface area contributed by atoms with Crippen molar-refractivity contribution >= 4 is 12.2 Å². The summed E-state index contributed by atoms with van der Waals surface area (Å²) in [7, 11) is 0. The first kappa shape index (κ1) is 18.2. The van der Waals surface area contributed by atoms with Crippen LogP contribution >= 0.6 is 0 Å². The highest BCUT2D eigenvalue weighted by Crippen LogP contribution is 2.31. The average molecular weight is 334 g/mol. The summed E-state index contributed by atoms with van der Waals surface area (Å²) in [5, 5.41) is 7.07. The number of H-pyrrole nitrogens is 1. The molecule has 0 radical (unpaired) electrons. The van der Waals surface area contributed by atoms with E-state index in [4.69, 9.17) is 4.74 Å². The molecule has 1 aliphatic rings. The minimum absolute atomic E-state index is 0.316. The van der Waals surface area contributed by atoms with Gasteiger partial charge in [0.2, 0.25) is 6.08 Å². The lowest BCUT2D eigenvalue weighted by Crippen LogP contribution is -2.48. The van der Waals surface area contributed by atoms with Crippen molar-refractivity contribution in [3.63, 3.8) is 0 Å². The van der Waals surface area contributed by atoms with Gasteiger partial charge in [0, 0.05) is 25.2 Å². The predicted octanol–water partition coefficient (Wildman–Crippen LogP) is 2.62. The number of carbonyl (C=O) groups excluding carboxylic acids is 2. The van der Waals surface area contributed by atoms with Gasteiger partial charge in [0.25, 0.3) is 0 Å². The second-order valence-corrected chi connectivity index (χ2v) is 7.30. The van der Waals surface area contributed by atoms with Crippen LogP contribution in [0.4, 0.5) is 4.79 Å². The Kier molecular flexibility index (Phi) is 5.44. The Balaban J connectivity index is 2.06. The molecular formula is C17H26N4O3. The van der Waals surface area contributed by atoms with E-state index < -0.39 is 11.1 Å². The molecule has 1 amide bonds. The Hall–Kier alpha value is -2.14. The van der Waals surface area contributed by atoms with E-state index in [9.17, 15) is 9.59 Å². The first-order chi connectivity index (χ1) is 11.3. The molecule has 0 unspecified atom stereocenters. The summed E-state index contributed by atoms with van der Waals surface area (Å²) >= 11 is 0. The fourth-order valence-corrected chi connectivity index (χ4v) is 3.01. The van der Waals surface area contributed by atoms with Crippen LogP contribution in [-0.4, -0.2) is 51.5 Å². The molecule has 1 N–H and O–H groups in total. The lowest BCUT2D eigenvalue weighted by Gasteiger charge is -2.38. The largest absolute Gasteiger partial charge is 0.444 e. The van der Waals surface area contributed by atoms with Crippen molar-refractivity contribution in [2.45, 2.75) is 64.5 Å². The fourth-order valence-electron chi connectivity index (χ4n) is 3.01. The van der Waals surface area contributed by atoms with Crippen molar-refractivity contribution in [1.29, 1.82) is 0 Å². The van der Waals surface area contributed by atoms with Crippen LogP contribution in [0.1, 0.15) is 51.8 Å². The number of aryl methyl sites for hydroxylation is 1. The summed E-state index contributed by atoms with van der Waals surface area (Å²) in [5.41, 5.74) is 1.10. The van der Waals surface area contributed by atoms with E-state index in [0.717, 1.165) is 17.7 Å². The van der Waals surface area contributed by atoms with Crippen molar-refractivity contribution in [3.05, 3.63) is 17.5 Å². The van der Waals surface area contributed by atoms with Gasteiger partial charge in [-0.15, -0.1) is 0 Å². The third kappa shape index (κ3) is 4.45. The van der Waals surface area contributed by atoms with E-state index in [0.29, 0.717) is 32.4 Å². The molecule has 1 aromatic heterocycles. The molecule has 0 atom stereocenters. The molecular weight excluding hydrogens is 308 g/mol. The van der Waals surface area contributed by atoms with Gasteiger partial charge in [-0.1, -0.05) is 6.92 Å². The molecule has 0 aromatic carbocycles. The molecule has 7 nitrogen and oxygen atoms in total. The van der Waals surface area contributed by atoms with Crippen LogP contribution in [0, 0.1) is 0 Å². The first-order valence-electron chi connectivity index (χ1n) is 8.37. The van der Waals surface area contributed by atoms with Gasteiger partial charge in [-0.05, 0) is 45.6 Å². The Morgan fingerprint density at radius 3 is 2.67 bits per heavy atom. The molecule has 0 spiro atoms. The summed E-state index contributed by atoms with van der Waals surface area (Å²) in [6, 6.07) is 0. The van der Waals surface area contributed by atoms with Crippen LogP contribution in [0.15, 0.2) is 11.2 Å². The Bertz CT molecular complexity index is 618. The highest BCUT2D eigenvalue weighted by molar-refractivity contribution is 5.68. The van der Waals surface area contributed by atoms with Crippen molar-refractivity contribution in [3.8, 4) is 0 Å². The molecule has 0 saturated carbocycles. The Labute approximate surface area is 142 Å². The number of isocyanates is 1. The number of carbonyl (C=O) groups is 1. The SMILES string of the molecule is CCc1[nH]ncc1CC1(N=C=O)CCN(C(=O)OC(C)(C)C)CC1. The highest BCUT2D eigenvalue weighted by atomic mass is 16.6. The summed E-state index contributed by atoms with van der Waals surface area (Å²) < 4.78 is 5.41. The maximum Gasteiger partial charge on any atom is 0.410 e. The number of aromatic amines is 1. The second kappa shape index (κ2) is 7.18. The normalized spacial score (nSPS) is 17.2. The molecule has 2 rings (SSSR count). The number of piperidine rings is 1. The van der Waals surface area contributed by atoms with Gasteiger partial charge in [0.15, 0.2) is 0 Å². The zero-order chi connectivity index (χ0) is 17.8. The van der Waals surface area contributed by atoms with Crippen molar-refractivity contribution in [1.82, 2.24) is 15.1 Å². The molecule has 132 valence electrons. The minimum atomic E-state index is -0.520. The van der Waals surface area contributed by atoms with Crippen molar-refractivity contribution in [2.75, 3.05) is 13.1 Å². The van der Waals surface area contributed by atoms with E-state index in [1.54, 1.807) is 17.2 Å². The van der Waals surface area contributed by atoms with Crippen LogP contribution < -0.4 is 0 Å². The van der Waals surface area contributed by atoms with E-state index in [2.05, 4.69) is 22.1 Å². The summed E-state index contributed by atoms with van der Waals surface area (Å²) in [4.78, 5) is 28.9. The first-order valence-corrected chi connectivity index (χ1v) is 8.37. The van der Waals surface area contributed by atoms with Gasteiger partial charge in [-0.3, -0.25) is 5.10 Å². The number of aliphatic imine (C=N–C) groups is 1. The number of likely N-dealkylation sites (tertiary alicyclic amines) is 1. The standard InChI is InChI=1S/C17H26N4O3/c1-5-14-13(11-19-20-14)10-17(18-12-22)6-8-21(9-7-17)15(23)24-16(2,3)4/h11H,5-10H2,1-4H3,(H,19,20). The zero-order valence-electron chi connectivity index (χ0n) is 14.9. The second-order valence-electron chi connectivity index (χ2n) is 7.30. The number of aromatic nitrogens is 2. The lowest BCUT2D eigenvalue weighted by molar-refractivity contribution is 0.0170. The van der Waals surface area contributed by atoms with Gasteiger partial charge in [-0.2, -0.15) is 10.1 Å². The topological polar surface area (TPSA) is 87.7 Å². The third-order valence-electron chi connectivity index (χ3n) is 4.31. The molecule has 1 aromatic rings. The van der Waals surface area contributed by atoms with Gasteiger partial charge >= 0.3 is 6.09 Å². The molecule has 1 fully saturated rings. The van der Waals surface area contributed by atoms with Crippen molar-refractivity contribution in [2.24, 2.45) is 4.99 Å². The molecule has 24 heavy (non-hydrogen) atoms. The Morgan fingerprint density at radius 1 is 1.46 bits per heavy atom. The molecule has 7 heteroatoms. The quantitative estimate of drug-likeness (QED) is 0.677. The van der Waals surface area contributed by atoms with E-state index in [-0.39, 0.29) is 6.09 Å². The molecule has 0 aliphatic carbocycles. The maximum atomic E-state index is 12.2. The predicted molar refractivity (Wildman–Crippen MR) is 89.6 cm³/mol. The summed E-state index contributed by atoms with van der Waals surface area (Å²) in [6.45, 7) is 8.62. The summed E-state index contributed by atoms with van der Waals surface area (Å²) in [5.74, 6) is 0. The number of hydrogen-bond donors (Lipinski definition) is 1. The van der Waals surface area contributed by atoms with E-state index in [1.165, 1.54) is 0 Å². The van der Waals surface area contributed by atoms with Crippen LogP contribution in [0.2, 0.25) is 0 Å². The monoisotopic (exact) mass is 334 g/mol. The van der Waals surface area contributed by atoms with E-state index >= 15 is 0 Å².